The van der Waals surface area contributed by atoms with Gasteiger partial charge in [0.05, 0.1) is 18.7 Å². The highest BCUT2D eigenvalue weighted by molar-refractivity contribution is 6.02. The number of rotatable bonds is 6. The van der Waals surface area contributed by atoms with E-state index in [1.807, 2.05) is 42.5 Å². The van der Waals surface area contributed by atoms with E-state index in [0.717, 1.165) is 33.4 Å². The molecule has 2 heterocycles. The molecule has 1 aliphatic rings. The van der Waals surface area contributed by atoms with Crippen molar-refractivity contribution in [1.29, 1.82) is 0 Å². The van der Waals surface area contributed by atoms with Gasteiger partial charge in [-0.3, -0.25) is 4.79 Å². The number of ether oxygens (including phenoxy) is 1. The minimum atomic E-state index is -0.406. The van der Waals surface area contributed by atoms with Crippen molar-refractivity contribution in [1.82, 2.24) is 14.9 Å². The molecule has 3 amide bonds. The second-order valence-corrected chi connectivity index (χ2v) is 10.7. The predicted molar refractivity (Wildman–Crippen MR) is 172 cm³/mol. The molecule has 3 N–H and O–H groups in total. The molecule has 10 heteroatoms. The molecule has 5 aromatic rings. The van der Waals surface area contributed by atoms with E-state index in [0.29, 0.717) is 49.1 Å². The Morgan fingerprint density at radius 2 is 1.48 bits per heavy atom. The zero-order chi connectivity index (χ0) is 30.6. The zero-order valence-corrected chi connectivity index (χ0v) is 24.4. The average molecular weight is 589 g/mol. The standard InChI is InChI=1S/C34H32N6O4/c1-39(2)33(42)23-11-15-26(16-12-23)36-34(43)35-25-13-9-22(10-14-25)31-37-30-28(24-5-3-6-27(41)21-24)7-4-8-29(30)32(38-31)40-17-19-44-20-18-40/h3-16,21,41H,17-20H2,1-2H3,(H2,35,36,43). The summed E-state index contributed by atoms with van der Waals surface area (Å²) in [5, 5.41) is 16.7. The number of aromatic hydroxyl groups is 1. The smallest absolute Gasteiger partial charge is 0.323 e. The predicted octanol–water partition coefficient (Wildman–Crippen LogP) is 5.85. The molecule has 0 radical (unpaired) electrons. The summed E-state index contributed by atoms with van der Waals surface area (Å²) in [6.07, 6.45) is 0. The molecular formula is C34H32N6O4. The van der Waals surface area contributed by atoms with Crippen LogP contribution in [-0.2, 0) is 4.74 Å². The van der Waals surface area contributed by atoms with Gasteiger partial charge in [0.2, 0.25) is 0 Å². The van der Waals surface area contributed by atoms with E-state index >= 15 is 0 Å². The Hall–Kier alpha value is -5.48. The minimum Gasteiger partial charge on any atom is -0.508 e. The molecule has 1 aromatic heterocycles. The molecule has 0 bridgehead atoms. The first-order valence-corrected chi connectivity index (χ1v) is 14.3. The number of hydrogen-bond donors (Lipinski definition) is 3. The van der Waals surface area contributed by atoms with Crippen LogP contribution in [0.2, 0.25) is 0 Å². The van der Waals surface area contributed by atoms with E-state index in [9.17, 15) is 14.7 Å². The molecule has 1 fully saturated rings. The van der Waals surface area contributed by atoms with Crippen LogP contribution in [0.3, 0.4) is 0 Å². The molecule has 222 valence electrons. The van der Waals surface area contributed by atoms with Gasteiger partial charge in [0, 0.05) is 60.6 Å². The lowest BCUT2D eigenvalue weighted by Crippen LogP contribution is -2.37. The van der Waals surface area contributed by atoms with E-state index in [4.69, 9.17) is 14.7 Å². The summed E-state index contributed by atoms with van der Waals surface area (Å²) in [5.41, 5.74) is 5.03. The number of nitrogens with one attached hydrogen (secondary N) is 2. The third kappa shape index (κ3) is 6.16. The van der Waals surface area contributed by atoms with Gasteiger partial charge >= 0.3 is 6.03 Å². The fourth-order valence-corrected chi connectivity index (χ4v) is 5.14. The summed E-state index contributed by atoms with van der Waals surface area (Å²) in [6, 6.07) is 26.8. The normalized spacial score (nSPS) is 13.0. The number of aromatic nitrogens is 2. The first kappa shape index (κ1) is 28.6. The Morgan fingerprint density at radius 1 is 0.818 bits per heavy atom. The maximum absolute atomic E-state index is 12.7. The highest BCUT2D eigenvalue weighted by Gasteiger charge is 2.20. The zero-order valence-electron chi connectivity index (χ0n) is 24.4. The highest BCUT2D eigenvalue weighted by Crippen LogP contribution is 2.35. The fraction of sp³-hybridized carbons (Fsp3) is 0.176. The molecule has 1 aliphatic heterocycles. The molecular weight excluding hydrogens is 556 g/mol. The molecule has 0 unspecified atom stereocenters. The van der Waals surface area contributed by atoms with Crippen molar-refractivity contribution in [3.8, 4) is 28.3 Å². The Morgan fingerprint density at radius 3 is 2.14 bits per heavy atom. The average Bonchev–Trinajstić information content (AvgIpc) is 3.04. The van der Waals surface area contributed by atoms with E-state index in [-0.39, 0.29) is 11.7 Å². The summed E-state index contributed by atoms with van der Waals surface area (Å²) < 4.78 is 5.59. The van der Waals surface area contributed by atoms with Crippen LogP contribution in [0.25, 0.3) is 33.4 Å². The SMILES string of the molecule is CN(C)C(=O)c1ccc(NC(=O)Nc2ccc(-c3nc(N4CCOCC4)c4cccc(-c5cccc(O)c5)c4n3)cc2)cc1. The molecule has 1 saturated heterocycles. The van der Waals surface area contributed by atoms with Gasteiger partial charge in [0.15, 0.2) is 5.82 Å². The number of carbonyl (C=O) groups excluding carboxylic acids is 2. The van der Waals surface area contributed by atoms with Crippen LogP contribution in [0.15, 0.2) is 91.0 Å². The number of morpholine rings is 1. The van der Waals surface area contributed by atoms with Crippen molar-refractivity contribution < 1.29 is 19.4 Å². The van der Waals surface area contributed by atoms with Gasteiger partial charge in [-0.2, -0.15) is 0 Å². The second kappa shape index (κ2) is 12.4. The minimum absolute atomic E-state index is 0.107. The maximum Gasteiger partial charge on any atom is 0.323 e. The molecule has 0 spiro atoms. The van der Waals surface area contributed by atoms with Gasteiger partial charge in [-0.1, -0.05) is 24.3 Å². The van der Waals surface area contributed by atoms with Crippen molar-refractivity contribution in [2.45, 2.75) is 0 Å². The van der Waals surface area contributed by atoms with Crippen LogP contribution in [0, 0.1) is 0 Å². The van der Waals surface area contributed by atoms with Gasteiger partial charge in [0.25, 0.3) is 5.91 Å². The number of benzene rings is 4. The molecule has 10 nitrogen and oxygen atoms in total. The number of fused-ring (bicyclic) bond motifs is 1. The maximum atomic E-state index is 12.7. The summed E-state index contributed by atoms with van der Waals surface area (Å²) >= 11 is 0. The van der Waals surface area contributed by atoms with Crippen LogP contribution >= 0.6 is 0 Å². The third-order valence-corrected chi connectivity index (χ3v) is 7.37. The molecule has 6 rings (SSSR count). The highest BCUT2D eigenvalue weighted by atomic mass is 16.5. The van der Waals surface area contributed by atoms with Crippen molar-refractivity contribution in [3.63, 3.8) is 0 Å². The van der Waals surface area contributed by atoms with E-state index in [1.165, 1.54) is 4.90 Å². The van der Waals surface area contributed by atoms with E-state index in [1.54, 1.807) is 62.6 Å². The van der Waals surface area contributed by atoms with Gasteiger partial charge in [-0.15, -0.1) is 0 Å². The summed E-state index contributed by atoms with van der Waals surface area (Å²) in [6.45, 7) is 2.67. The molecule has 0 aliphatic carbocycles. The lowest BCUT2D eigenvalue weighted by atomic mass is 10.0. The summed E-state index contributed by atoms with van der Waals surface area (Å²) in [4.78, 5) is 38.5. The van der Waals surface area contributed by atoms with E-state index in [2.05, 4.69) is 15.5 Å². The number of carbonyl (C=O) groups is 2. The van der Waals surface area contributed by atoms with Crippen LogP contribution in [-0.4, -0.2) is 72.3 Å². The lowest BCUT2D eigenvalue weighted by Gasteiger charge is -2.29. The van der Waals surface area contributed by atoms with Gasteiger partial charge in [-0.05, 0) is 72.3 Å². The van der Waals surface area contributed by atoms with Crippen LogP contribution < -0.4 is 15.5 Å². The van der Waals surface area contributed by atoms with Gasteiger partial charge in [-0.25, -0.2) is 14.8 Å². The third-order valence-electron chi connectivity index (χ3n) is 7.37. The Balaban J connectivity index is 1.27. The second-order valence-electron chi connectivity index (χ2n) is 10.7. The molecule has 44 heavy (non-hydrogen) atoms. The van der Waals surface area contributed by atoms with Crippen molar-refractivity contribution in [2.75, 3.05) is 55.9 Å². The van der Waals surface area contributed by atoms with Crippen molar-refractivity contribution in [2.24, 2.45) is 0 Å². The summed E-state index contributed by atoms with van der Waals surface area (Å²) in [7, 11) is 3.38. The topological polar surface area (TPSA) is 120 Å². The number of hydrogen-bond acceptors (Lipinski definition) is 7. The van der Waals surface area contributed by atoms with Crippen molar-refractivity contribution >= 4 is 40.0 Å². The quantitative estimate of drug-likeness (QED) is 0.228. The lowest BCUT2D eigenvalue weighted by molar-refractivity contribution is 0.0827. The number of para-hydroxylation sites is 1. The van der Waals surface area contributed by atoms with Crippen LogP contribution in [0.4, 0.5) is 22.0 Å². The van der Waals surface area contributed by atoms with E-state index < -0.39 is 6.03 Å². The van der Waals surface area contributed by atoms with Gasteiger partial charge in [0.1, 0.15) is 11.6 Å². The summed E-state index contributed by atoms with van der Waals surface area (Å²) in [5.74, 6) is 1.46. The number of phenols is 1. The molecule has 0 atom stereocenters. The number of phenolic OH excluding ortho intramolecular Hbond substituents is 1. The number of urea groups is 1. The Bertz CT molecular complexity index is 1820. The monoisotopic (exact) mass is 588 g/mol. The Kier molecular flexibility index (Phi) is 8.07. The Labute approximate surface area is 254 Å². The number of anilines is 3. The number of nitrogens with zero attached hydrogens (tertiary/aromatic N) is 4. The van der Waals surface area contributed by atoms with Crippen molar-refractivity contribution in [3.05, 3.63) is 96.6 Å². The largest absolute Gasteiger partial charge is 0.508 e. The fourth-order valence-electron chi connectivity index (χ4n) is 5.14. The first-order chi connectivity index (χ1) is 21.4. The number of amides is 3. The van der Waals surface area contributed by atoms with Gasteiger partial charge < -0.3 is 30.3 Å². The molecule has 4 aromatic carbocycles. The first-order valence-electron chi connectivity index (χ1n) is 14.3. The van der Waals surface area contributed by atoms with Crippen LogP contribution in [0.5, 0.6) is 5.75 Å². The molecule has 0 saturated carbocycles. The van der Waals surface area contributed by atoms with Crippen LogP contribution in [0.1, 0.15) is 10.4 Å².